The molecule has 0 amide bonds. The quantitative estimate of drug-likeness (QED) is 0.320. The van der Waals surface area contributed by atoms with E-state index in [9.17, 15) is 0 Å². The van der Waals surface area contributed by atoms with Crippen LogP contribution in [-0.4, -0.2) is 48.6 Å². The molecule has 25 heavy (non-hydrogen) atoms. The van der Waals surface area contributed by atoms with Gasteiger partial charge in [-0.1, -0.05) is 27.7 Å². The Morgan fingerprint density at radius 1 is 1.20 bits per heavy atom. The molecule has 1 heterocycles. The molecule has 5 nitrogen and oxygen atoms in total. The maximum atomic E-state index is 4.57. The Kier molecular flexibility index (Phi) is 12.7. The lowest BCUT2D eigenvalue weighted by molar-refractivity contribution is 0.191. The molecule has 0 aromatic carbocycles. The number of nitrogens with zero attached hydrogens (tertiary/aromatic N) is 3. The zero-order valence-electron chi connectivity index (χ0n) is 16.8. The SMILES string of the molecule is CCN(CC)C(CNC(=NC)NCc1nc(C)c(C)s1)CC(C)C.I. The lowest BCUT2D eigenvalue weighted by Crippen LogP contribution is -2.47. The van der Waals surface area contributed by atoms with Gasteiger partial charge in [-0.25, -0.2) is 4.98 Å². The number of aromatic nitrogens is 1. The highest BCUT2D eigenvalue weighted by Crippen LogP contribution is 2.16. The van der Waals surface area contributed by atoms with E-state index in [1.807, 2.05) is 7.05 Å². The van der Waals surface area contributed by atoms with Gasteiger partial charge in [0, 0.05) is 24.5 Å². The molecule has 1 rings (SSSR count). The van der Waals surface area contributed by atoms with E-state index in [0.29, 0.717) is 12.0 Å². The molecule has 0 radical (unpaired) electrons. The van der Waals surface area contributed by atoms with Crippen LogP contribution >= 0.6 is 35.3 Å². The molecule has 1 atom stereocenters. The van der Waals surface area contributed by atoms with E-state index in [1.165, 1.54) is 11.3 Å². The third-order valence-electron chi connectivity index (χ3n) is 4.28. The summed E-state index contributed by atoms with van der Waals surface area (Å²) in [7, 11) is 1.82. The average molecular weight is 481 g/mol. The van der Waals surface area contributed by atoms with Gasteiger partial charge in [-0.05, 0) is 39.3 Å². The van der Waals surface area contributed by atoms with Crippen LogP contribution < -0.4 is 10.6 Å². The highest BCUT2D eigenvalue weighted by molar-refractivity contribution is 14.0. The molecule has 0 saturated heterocycles. The predicted molar refractivity (Wildman–Crippen MR) is 121 cm³/mol. The topological polar surface area (TPSA) is 52.5 Å². The fraction of sp³-hybridized carbons (Fsp3) is 0.778. The van der Waals surface area contributed by atoms with Crippen molar-refractivity contribution in [1.82, 2.24) is 20.5 Å². The van der Waals surface area contributed by atoms with Crippen LogP contribution in [0.5, 0.6) is 0 Å². The highest BCUT2D eigenvalue weighted by Gasteiger charge is 2.17. The van der Waals surface area contributed by atoms with Crippen LogP contribution in [0.2, 0.25) is 0 Å². The van der Waals surface area contributed by atoms with E-state index >= 15 is 0 Å². The molecule has 1 aromatic heterocycles. The predicted octanol–water partition coefficient (Wildman–Crippen LogP) is 3.80. The van der Waals surface area contributed by atoms with Gasteiger partial charge >= 0.3 is 0 Å². The van der Waals surface area contributed by atoms with Crippen LogP contribution in [0.25, 0.3) is 0 Å². The van der Waals surface area contributed by atoms with Gasteiger partial charge in [0.25, 0.3) is 0 Å². The maximum Gasteiger partial charge on any atom is 0.191 e. The van der Waals surface area contributed by atoms with E-state index in [1.54, 1.807) is 11.3 Å². The summed E-state index contributed by atoms with van der Waals surface area (Å²) >= 11 is 1.75. The number of hydrogen-bond donors (Lipinski definition) is 2. The summed E-state index contributed by atoms with van der Waals surface area (Å²) in [6.07, 6.45) is 1.19. The smallest absolute Gasteiger partial charge is 0.191 e. The van der Waals surface area contributed by atoms with Gasteiger partial charge in [0.2, 0.25) is 0 Å². The van der Waals surface area contributed by atoms with Gasteiger partial charge in [-0.15, -0.1) is 35.3 Å². The number of thiazole rings is 1. The summed E-state index contributed by atoms with van der Waals surface area (Å²) in [4.78, 5) is 12.7. The van der Waals surface area contributed by atoms with Crippen molar-refractivity contribution in [3.05, 3.63) is 15.6 Å². The standard InChI is InChI=1S/C18H35N5S.HI/c1-8-23(9-2)16(10-13(3)4)11-20-18(19-7)21-12-17-22-14(5)15(6)24-17;/h13,16H,8-12H2,1-7H3,(H2,19,20,21);1H. The molecule has 0 saturated carbocycles. The average Bonchev–Trinajstić information content (AvgIpc) is 2.86. The number of aliphatic imine (C=N–C) groups is 1. The van der Waals surface area contributed by atoms with Crippen molar-refractivity contribution in [1.29, 1.82) is 0 Å². The third-order valence-corrected chi connectivity index (χ3v) is 5.35. The monoisotopic (exact) mass is 481 g/mol. The van der Waals surface area contributed by atoms with E-state index in [2.05, 4.69) is 67.1 Å². The third kappa shape index (κ3) is 8.68. The number of rotatable bonds is 9. The van der Waals surface area contributed by atoms with Crippen LogP contribution in [-0.2, 0) is 6.54 Å². The van der Waals surface area contributed by atoms with Crippen molar-refractivity contribution in [2.24, 2.45) is 10.9 Å². The number of likely N-dealkylation sites (N-methyl/N-ethyl adjacent to an activating group) is 1. The summed E-state index contributed by atoms with van der Waals surface area (Å²) < 4.78 is 0. The lowest BCUT2D eigenvalue weighted by Gasteiger charge is -2.31. The van der Waals surface area contributed by atoms with Crippen molar-refractivity contribution >= 4 is 41.3 Å². The molecule has 0 aliphatic heterocycles. The van der Waals surface area contributed by atoms with Crippen molar-refractivity contribution in [2.75, 3.05) is 26.7 Å². The summed E-state index contributed by atoms with van der Waals surface area (Å²) in [5.41, 5.74) is 1.12. The summed E-state index contributed by atoms with van der Waals surface area (Å²) in [5, 5.41) is 7.97. The maximum absolute atomic E-state index is 4.57. The van der Waals surface area contributed by atoms with Crippen LogP contribution in [0.4, 0.5) is 0 Å². The van der Waals surface area contributed by atoms with E-state index in [0.717, 1.165) is 42.8 Å². The van der Waals surface area contributed by atoms with E-state index < -0.39 is 0 Å². The first kappa shape index (κ1) is 24.6. The molecule has 0 aliphatic carbocycles. The molecule has 1 aromatic rings. The molecule has 146 valence electrons. The van der Waals surface area contributed by atoms with Crippen molar-refractivity contribution in [3.8, 4) is 0 Å². The largest absolute Gasteiger partial charge is 0.355 e. The van der Waals surface area contributed by atoms with Gasteiger partial charge < -0.3 is 10.6 Å². The first-order valence-electron chi connectivity index (χ1n) is 9.02. The number of nitrogens with one attached hydrogen (secondary N) is 2. The Labute approximate surface area is 175 Å². The van der Waals surface area contributed by atoms with Crippen LogP contribution in [0.15, 0.2) is 4.99 Å². The Bertz CT molecular complexity index is 492. The summed E-state index contributed by atoms with van der Waals surface area (Å²) in [6, 6.07) is 0.530. The normalized spacial score (nSPS) is 13.1. The molecule has 7 heteroatoms. The molecule has 1 unspecified atom stereocenters. The number of aryl methyl sites for hydroxylation is 2. The Balaban J connectivity index is 0.00000576. The van der Waals surface area contributed by atoms with Crippen molar-refractivity contribution in [3.63, 3.8) is 0 Å². The molecule has 0 spiro atoms. The Hall–Kier alpha value is -0.410. The first-order chi connectivity index (χ1) is 11.4. The lowest BCUT2D eigenvalue weighted by atomic mass is 10.0. The molecular weight excluding hydrogens is 445 g/mol. The highest BCUT2D eigenvalue weighted by atomic mass is 127. The van der Waals surface area contributed by atoms with Gasteiger partial charge in [0.1, 0.15) is 5.01 Å². The second-order valence-corrected chi connectivity index (χ2v) is 7.85. The van der Waals surface area contributed by atoms with Gasteiger partial charge in [0.05, 0.1) is 12.2 Å². The molecule has 0 aliphatic rings. The van der Waals surface area contributed by atoms with Crippen LogP contribution in [0.3, 0.4) is 0 Å². The fourth-order valence-corrected chi connectivity index (χ4v) is 3.73. The zero-order valence-corrected chi connectivity index (χ0v) is 20.0. The molecule has 2 N–H and O–H groups in total. The summed E-state index contributed by atoms with van der Waals surface area (Å²) in [5.74, 6) is 1.54. The van der Waals surface area contributed by atoms with Crippen LogP contribution in [0, 0.1) is 19.8 Å². The molecule has 0 fully saturated rings. The number of hydrogen-bond acceptors (Lipinski definition) is 4. The molecule has 0 bridgehead atoms. The number of guanidine groups is 1. The number of halogens is 1. The zero-order chi connectivity index (χ0) is 18.1. The minimum Gasteiger partial charge on any atom is -0.355 e. The van der Waals surface area contributed by atoms with Crippen molar-refractivity contribution < 1.29 is 0 Å². The van der Waals surface area contributed by atoms with Crippen molar-refractivity contribution in [2.45, 2.75) is 60.5 Å². The minimum atomic E-state index is 0. The first-order valence-corrected chi connectivity index (χ1v) is 9.84. The Morgan fingerprint density at radius 3 is 2.28 bits per heavy atom. The fourth-order valence-electron chi connectivity index (χ4n) is 2.85. The molecular formula is C18H36IN5S. The Morgan fingerprint density at radius 2 is 1.84 bits per heavy atom. The van der Waals surface area contributed by atoms with Gasteiger partial charge in [0.15, 0.2) is 5.96 Å². The minimum absolute atomic E-state index is 0. The van der Waals surface area contributed by atoms with Crippen LogP contribution in [0.1, 0.15) is 49.7 Å². The van der Waals surface area contributed by atoms with Gasteiger partial charge in [-0.2, -0.15) is 0 Å². The van der Waals surface area contributed by atoms with Gasteiger partial charge in [-0.3, -0.25) is 9.89 Å². The van der Waals surface area contributed by atoms with E-state index in [-0.39, 0.29) is 24.0 Å². The van der Waals surface area contributed by atoms with E-state index in [4.69, 9.17) is 0 Å². The summed E-state index contributed by atoms with van der Waals surface area (Å²) in [6.45, 7) is 17.0. The second-order valence-electron chi connectivity index (χ2n) is 6.56. The second kappa shape index (κ2) is 12.9.